The Kier molecular flexibility index (Phi) is 7.03. The summed E-state index contributed by atoms with van der Waals surface area (Å²) in [6.45, 7) is 3.12. The average Bonchev–Trinajstić information content (AvgIpc) is 3.00. The van der Waals surface area contributed by atoms with Gasteiger partial charge in [-0.2, -0.15) is 0 Å². The highest BCUT2D eigenvalue weighted by Gasteiger charge is 2.25. The van der Waals surface area contributed by atoms with Crippen molar-refractivity contribution in [3.63, 3.8) is 0 Å². The molecule has 1 aliphatic heterocycles. The quantitative estimate of drug-likeness (QED) is 0.447. The Bertz CT molecular complexity index is 143. The second-order valence-electron chi connectivity index (χ2n) is 4.75. The summed E-state index contributed by atoms with van der Waals surface area (Å²) in [6.07, 6.45) is 11.3. The first-order chi connectivity index (χ1) is 7.33. The van der Waals surface area contributed by atoms with Crippen molar-refractivity contribution in [1.29, 1.82) is 0 Å². The molecule has 0 aromatic rings. The van der Waals surface area contributed by atoms with Crippen molar-refractivity contribution in [3.8, 4) is 0 Å². The Balaban J connectivity index is 1.75. The van der Waals surface area contributed by atoms with Gasteiger partial charge < -0.3 is 9.84 Å². The molecule has 2 unspecified atom stereocenters. The van der Waals surface area contributed by atoms with Crippen molar-refractivity contribution in [1.82, 2.24) is 0 Å². The van der Waals surface area contributed by atoms with Gasteiger partial charge in [0, 0.05) is 6.42 Å². The van der Waals surface area contributed by atoms with Crippen molar-refractivity contribution in [2.24, 2.45) is 0 Å². The van der Waals surface area contributed by atoms with Gasteiger partial charge in [0.2, 0.25) is 0 Å². The maximum absolute atomic E-state index is 9.62. The Morgan fingerprint density at radius 2 is 1.73 bits per heavy atom. The molecule has 90 valence electrons. The predicted octanol–water partition coefficient (Wildman–Crippen LogP) is 3.28. The molecule has 2 heteroatoms. The maximum Gasteiger partial charge on any atom is 0.0834 e. The van der Waals surface area contributed by atoms with E-state index < -0.39 is 0 Å². The predicted molar refractivity (Wildman–Crippen MR) is 63.0 cm³/mol. The summed E-state index contributed by atoms with van der Waals surface area (Å²) in [4.78, 5) is 0. The lowest BCUT2D eigenvalue weighted by Gasteiger charge is -2.08. The number of rotatable bonds is 10. The number of epoxide rings is 1. The molecule has 15 heavy (non-hydrogen) atoms. The molecule has 0 radical (unpaired) electrons. The van der Waals surface area contributed by atoms with Gasteiger partial charge in [0.1, 0.15) is 0 Å². The molecule has 1 aliphatic rings. The third-order valence-electron chi connectivity index (χ3n) is 3.08. The lowest BCUT2D eigenvalue weighted by Crippen LogP contribution is -2.09. The van der Waals surface area contributed by atoms with Crippen LogP contribution in [-0.2, 0) is 4.74 Å². The molecule has 0 saturated carbocycles. The van der Waals surface area contributed by atoms with E-state index in [-0.39, 0.29) is 6.10 Å². The number of hydrogen-bond donors (Lipinski definition) is 1. The van der Waals surface area contributed by atoms with Crippen molar-refractivity contribution in [3.05, 3.63) is 0 Å². The molecule has 0 aromatic carbocycles. The van der Waals surface area contributed by atoms with E-state index in [2.05, 4.69) is 6.92 Å². The first-order valence-corrected chi connectivity index (χ1v) is 6.62. The molecule has 1 fully saturated rings. The smallest absolute Gasteiger partial charge is 0.0834 e. The maximum atomic E-state index is 9.62. The van der Waals surface area contributed by atoms with Gasteiger partial charge in [-0.25, -0.2) is 0 Å². The van der Waals surface area contributed by atoms with Crippen LogP contribution in [0.5, 0.6) is 0 Å². The SMILES string of the molecule is CCCCCCCCCC(O)CC1CO1. The highest BCUT2D eigenvalue weighted by molar-refractivity contribution is 4.73. The van der Waals surface area contributed by atoms with Crippen molar-refractivity contribution < 1.29 is 9.84 Å². The molecule has 0 amide bonds. The van der Waals surface area contributed by atoms with Crippen LogP contribution in [-0.4, -0.2) is 23.9 Å². The van der Waals surface area contributed by atoms with Crippen LogP contribution in [0.15, 0.2) is 0 Å². The van der Waals surface area contributed by atoms with E-state index >= 15 is 0 Å². The lowest BCUT2D eigenvalue weighted by molar-refractivity contribution is 0.139. The number of aliphatic hydroxyl groups excluding tert-OH is 1. The summed E-state index contributed by atoms with van der Waals surface area (Å²) in [5.41, 5.74) is 0. The van der Waals surface area contributed by atoms with E-state index in [1.807, 2.05) is 0 Å². The normalized spacial score (nSPS) is 21.6. The van der Waals surface area contributed by atoms with Gasteiger partial charge in [-0.15, -0.1) is 0 Å². The van der Waals surface area contributed by atoms with Gasteiger partial charge in [0.15, 0.2) is 0 Å². The second-order valence-corrected chi connectivity index (χ2v) is 4.75. The standard InChI is InChI=1S/C13H26O2/c1-2-3-4-5-6-7-8-9-12(14)10-13-11-15-13/h12-14H,2-11H2,1H3. The number of ether oxygens (including phenoxy) is 1. The molecule has 1 rings (SSSR count). The Morgan fingerprint density at radius 3 is 2.33 bits per heavy atom. The lowest BCUT2D eigenvalue weighted by atomic mass is 10.0. The van der Waals surface area contributed by atoms with Crippen molar-refractivity contribution >= 4 is 0 Å². The van der Waals surface area contributed by atoms with Crippen LogP contribution < -0.4 is 0 Å². The zero-order valence-electron chi connectivity index (χ0n) is 10.1. The summed E-state index contributed by atoms with van der Waals surface area (Å²) in [6, 6.07) is 0. The summed E-state index contributed by atoms with van der Waals surface area (Å²) in [5, 5.41) is 9.62. The molecule has 0 aromatic heterocycles. The molecule has 2 nitrogen and oxygen atoms in total. The molecular weight excluding hydrogens is 188 g/mol. The minimum absolute atomic E-state index is 0.117. The van der Waals surface area contributed by atoms with Gasteiger partial charge in [0.25, 0.3) is 0 Å². The third kappa shape index (κ3) is 7.80. The first-order valence-electron chi connectivity index (χ1n) is 6.62. The van der Waals surface area contributed by atoms with Gasteiger partial charge in [0.05, 0.1) is 18.8 Å². The Labute approximate surface area is 94.0 Å². The van der Waals surface area contributed by atoms with Gasteiger partial charge >= 0.3 is 0 Å². The molecule has 1 N–H and O–H groups in total. The fourth-order valence-corrected chi connectivity index (χ4v) is 1.96. The molecule has 0 aliphatic carbocycles. The molecule has 2 atom stereocenters. The van der Waals surface area contributed by atoms with Gasteiger partial charge in [-0.05, 0) is 6.42 Å². The number of hydrogen-bond acceptors (Lipinski definition) is 2. The van der Waals surface area contributed by atoms with Crippen LogP contribution in [0.25, 0.3) is 0 Å². The molecular formula is C13H26O2. The molecule has 0 bridgehead atoms. The Morgan fingerprint density at radius 1 is 1.13 bits per heavy atom. The van der Waals surface area contributed by atoms with Crippen molar-refractivity contribution in [2.45, 2.75) is 76.9 Å². The Hall–Kier alpha value is -0.0800. The summed E-state index contributed by atoms with van der Waals surface area (Å²) >= 11 is 0. The van der Waals surface area contributed by atoms with E-state index in [9.17, 15) is 5.11 Å². The minimum atomic E-state index is -0.117. The molecule has 1 saturated heterocycles. The van der Waals surface area contributed by atoms with Crippen LogP contribution in [0.3, 0.4) is 0 Å². The first kappa shape index (κ1) is 13.0. The fraction of sp³-hybridized carbons (Fsp3) is 1.00. The van der Waals surface area contributed by atoms with Crippen LogP contribution in [0.1, 0.15) is 64.7 Å². The monoisotopic (exact) mass is 214 g/mol. The van der Waals surface area contributed by atoms with E-state index in [1.165, 1.54) is 44.9 Å². The third-order valence-corrected chi connectivity index (χ3v) is 3.08. The number of aliphatic hydroxyl groups is 1. The summed E-state index contributed by atoms with van der Waals surface area (Å²) in [7, 11) is 0. The molecule has 0 spiro atoms. The van der Waals surface area contributed by atoms with Crippen molar-refractivity contribution in [2.75, 3.05) is 6.61 Å². The highest BCUT2D eigenvalue weighted by Crippen LogP contribution is 2.19. The van der Waals surface area contributed by atoms with Crippen LogP contribution >= 0.6 is 0 Å². The van der Waals surface area contributed by atoms with Crippen LogP contribution in [0, 0.1) is 0 Å². The largest absolute Gasteiger partial charge is 0.393 e. The van der Waals surface area contributed by atoms with E-state index in [0.717, 1.165) is 19.4 Å². The number of unbranched alkanes of at least 4 members (excludes halogenated alkanes) is 6. The van der Waals surface area contributed by atoms with Crippen LogP contribution in [0.4, 0.5) is 0 Å². The van der Waals surface area contributed by atoms with Crippen LogP contribution in [0.2, 0.25) is 0 Å². The van der Waals surface area contributed by atoms with E-state index in [1.54, 1.807) is 0 Å². The fourth-order valence-electron chi connectivity index (χ4n) is 1.96. The average molecular weight is 214 g/mol. The summed E-state index contributed by atoms with van der Waals surface area (Å²) in [5.74, 6) is 0. The topological polar surface area (TPSA) is 32.8 Å². The minimum Gasteiger partial charge on any atom is -0.393 e. The van der Waals surface area contributed by atoms with Gasteiger partial charge in [-0.3, -0.25) is 0 Å². The second kappa shape index (κ2) is 8.12. The zero-order valence-corrected chi connectivity index (χ0v) is 10.1. The molecule has 1 heterocycles. The van der Waals surface area contributed by atoms with E-state index in [4.69, 9.17) is 4.74 Å². The summed E-state index contributed by atoms with van der Waals surface area (Å²) < 4.78 is 5.09. The van der Waals surface area contributed by atoms with Gasteiger partial charge in [-0.1, -0.05) is 51.9 Å². The van der Waals surface area contributed by atoms with E-state index in [0.29, 0.717) is 6.10 Å². The highest BCUT2D eigenvalue weighted by atomic mass is 16.6. The zero-order chi connectivity index (χ0) is 10.9.